The number of ether oxygens (including phenoxy) is 2. The Morgan fingerprint density at radius 1 is 1.15 bits per heavy atom. The summed E-state index contributed by atoms with van der Waals surface area (Å²) < 4.78 is 10.9. The number of benzene rings is 2. The monoisotopic (exact) mass is 409 g/mol. The topological polar surface area (TPSA) is 64.6 Å². The predicted molar refractivity (Wildman–Crippen MR) is 104 cm³/mol. The molecule has 3 rings (SSSR count). The average molecular weight is 410 g/mol. The second-order valence-corrected chi connectivity index (χ2v) is 7.11. The van der Waals surface area contributed by atoms with Gasteiger partial charge in [-0.3, -0.25) is 4.79 Å². The van der Waals surface area contributed by atoms with Gasteiger partial charge >= 0.3 is 5.97 Å². The lowest BCUT2D eigenvalue weighted by atomic mass is 10.2. The molecule has 26 heavy (non-hydrogen) atoms. The Hall–Kier alpha value is -2.28. The molecule has 0 saturated carbocycles. The molecular weight excluding hydrogens is 397 g/mol. The van der Waals surface area contributed by atoms with Gasteiger partial charge < -0.3 is 14.8 Å². The maximum atomic E-state index is 12.2. The van der Waals surface area contributed by atoms with Crippen LogP contribution in [0.1, 0.15) is 9.67 Å². The number of hydrogen-bond acceptors (Lipinski definition) is 5. The summed E-state index contributed by atoms with van der Waals surface area (Å²) in [7, 11) is 1.53. The van der Waals surface area contributed by atoms with Crippen LogP contribution < -0.4 is 10.1 Å². The molecule has 0 aliphatic carbocycles. The first-order chi connectivity index (χ1) is 12.5. The fourth-order valence-electron chi connectivity index (χ4n) is 2.26. The van der Waals surface area contributed by atoms with Crippen molar-refractivity contribution in [2.24, 2.45) is 0 Å². The first-order valence-corrected chi connectivity index (χ1v) is 9.04. The number of hydrogen-bond donors (Lipinski definition) is 1. The summed E-state index contributed by atoms with van der Waals surface area (Å²) in [5.74, 6) is -0.518. The van der Waals surface area contributed by atoms with Crippen molar-refractivity contribution >= 4 is 62.2 Å². The Balaban J connectivity index is 1.65. The highest BCUT2D eigenvalue weighted by molar-refractivity contribution is 7.21. The SMILES string of the molecule is COc1cccc(NC(=O)COC(=O)c2sc3cc(Cl)ccc3c2Cl)c1. The van der Waals surface area contributed by atoms with Gasteiger partial charge in [-0.25, -0.2) is 4.79 Å². The predicted octanol–water partition coefficient (Wildman–Crippen LogP) is 5.01. The Labute approximate surface area is 163 Å². The molecule has 0 aliphatic heterocycles. The Kier molecular flexibility index (Phi) is 5.66. The van der Waals surface area contributed by atoms with E-state index >= 15 is 0 Å². The Bertz CT molecular complexity index is 986. The molecule has 3 aromatic rings. The summed E-state index contributed by atoms with van der Waals surface area (Å²) in [5, 5.41) is 4.19. The Morgan fingerprint density at radius 3 is 2.73 bits per heavy atom. The third-order valence-corrected chi connectivity index (χ3v) is 5.34. The van der Waals surface area contributed by atoms with Gasteiger partial charge in [0.05, 0.1) is 12.1 Å². The van der Waals surface area contributed by atoms with Crippen LogP contribution >= 0.6 is 34.5 Å². The number of halogens is 2. The molecule has 0 saturated heterocycles. The molecule has 134 valence electrons. The fraction of sp³-hybridized carbons (Fsp3) is 0.111. The van der Waals surface area contributed by atoms with Crippen LogP contribution in [-0.2, 0) is 9.53 Å². The third-order valence-electron chi connectivity index (χ3n) is 3.46. The second-order valence-electron chi connectivity index (χ2n) is 5.24. The lowest BCUT2D eigenvalue weighted by Gasteiger charge is -2.07. The molecule has 0 unspecified atom stereocenters. The minimum atomic E-state index is -0.659. The van der Waals surface area contributed by atoms with Crippen LogP contribution in [0.15, 0.2) is 42.5 Å². The molecule has 0 radical (unpaired) electrons. The van der Waals surface area contributed by atoms with Gasteiger partial charge in [-0.2, -0.15) is 0 Å². The molecule has 0 atom stereocenters. The van der Waals surface area contributed by atoms with Crippen LogP contribution in [0.5, 0.6) is 5.75 Å². The van der Waals surface area contributed by atoms with E-state index in [1.165, 1.54) is 18.4 Å². The molecule has 0 bridgehead atoms. The molecule has 2 aromatic carbocycles. The number of rotatable bonds is 5. The van der Waals surface area contributed by atoms with Gasteiger partial charge in [-0.15, -0.1) is 11.3 Å². The van der Waals surface area contributed by atoms with Crippen molar-refractivity contribution in [3.8, 4) is 5.75 Å². The standard InChI is InChI=1S/C18H13Cl2NO4S/c1-24-12-4-2-3-11(8-12)21-15(22)9-25-18(23)17-16(20)13-6-5-10(19)7-14(13)26-17/h2-8H,9H2,1H3,(H,21,22). The number of carbonyl (C=O) groups is 2. The molecule has 0 spiro atoms. The van der Waals surface area contributed by atoms with E-state index in [1.54, 1.807) is 42.5 Å². The summed E-state index contributed by atoms with van der Waals surface area (Å²) in [4.78, 5) is 24.5. The van der Waals surface area contributed by atoms with E-state index < -0.39 is 18.5 Å². The van der Waals surface area contributed by atoms with E-state index in [9.17, 15) is 9.59 Å². The zero-order chi connectivity index (χ0) is 18.7. The van der Waals surface area contributed by atoms with Crippen LogP contribution in [0.2, 0.25) is 10.0 Å². The van der Waals surface area contributed by atoms with E-state index in [0.29, 0.717) is 26.9 Å². The average Bonchev–Trinajstić information content (AvgIpc) is 2.95. The van der Waals surface area contributed by atoms with Crippen molar-refractivity contribution < 1.29 is 19.1 Å². The third kappa shape index (κ3) is 4.09. The maximum absolute atomic E-state index is 12.2. The number of anilines is 1. The van der Waals surface area contributed by atoms with Crippen molar-refractivity contribution in [1.29, 1.82) is 0 Å². The molecular formula is C18H13Cl2NO4S. The van der Waals surface area contributed by atoms with E-state index in [0.717, 1.165) is 4.70 Å². The maximum Gasteiger partial charge on any atom is 0.350 e. The van der Waals surface area contributed by atoms with Gasteiger partial charge in [0, 0.05) is 26.9 Å². The first kappa shape index (κ1) is 18.5. The number of thiophene rings is 1. The number of nitrogens with one attached hydrogen (secondary N) is 1. The minimum Gasteiger partial charge on any atom is -0.497 e. The summed E-state index contributed by atoms with van der Waals surface area (Å²) in [6, 6.07) is 12.0. The van der Waals surface area contributed by atoms with Crippen molar-refractivity contribution in [3.63, 3.8) is 0 Å². The van der Waals surface area contributed by atoms with Crippen LogP contribution in [0.4, 0.5) is 5.69 Å². The van der Waals surface area contributed by atoms with E-state index in [1.807, 2.05) is 0 Å². The van der Waals surface area contributed by atoms with Crippen LogP contribution in [0, 0.1) is 0 Å². The van der Waals surface area contributed by atoms with Crippen molar-refractivity contribution in [3.05, 3.63) is 57.4 Å². The Morgan fingerprint density at radius 2 is 1.96 bits per heavy atom. The number of fused-ring (bicyclic) bond motifs is 1. The largest absolute Gasteiger partial charge is 0.497 e. The highest BCUT2D eigenvalue weighted by atomic mass is 35.5. The van der Waals surface area contributed by atoms with Gasteiger partial charge in [-0.1, -0.05) is 35.3 Å². The van der Waals surface area contributed by atoms with Gasteiger partial charge in [0.25, 0.3) is 5.91 Å². The molecule has 8 heteroatoms. The van der Waals surface area contributed by atoms with E-state index in [4.69, 9.17) is 32.7 Å². The summed E-state index contributed by atoms with van der Waals surface area (Å²) in [5.41, 5.74) is 0.542. The lowest BCUT2D eigenvalue weighted by Crippen LogP contribution is -2.20. The van der Waals surface area contributed by atoms with Crippen molar-refractivity contribution in [2.75, 3.05) is 19.0 Å². The number of amides is 1. The van der Waals surface area contributed by atoms with Gasteiger partial charge in [-0.05, 0) is 24.3 Å². The summed E-state index contributed by atoms with van der Waals surface area (Å²) in [6.45, 7) is -0.429. The van der Waals surface area contributed by atoms with Gasteiger partial charge in [0.1, 0.15) is 10.6 Å². The van der Waals surface area contributed by atoms with Crippen LogP contribution in [-0.4, -0.2) is 25.6 Å². The molecule has 1 N–H and O–H groups in total. The number of esters is 1. The molecule has 0 fully saturated rings. The minimum absolute atomic E-state index is 0.234. The van der Waals surface area contributed by atoms with Crippen molar-refractivity contribution in [2.45, 2.75) is 0 Å². The van der Waals surface area contributed by atoms with Gasteiger partial charge in [0.2, 0.25) is 0 Å². The molecule has 1 aromatic heterocycles. The quantitative estimate of drug-likeness (QED) is 0.601. The normalized spacial score (nSPS) is 10.6. The molecule has 1 heterocycles. The smallest absolute Gasteiger partial charge is 0.350 e. The van der Waals surface area contributed by atoms with Gasteiger partial charge in [0.15, 0.2) is 6.61 Å². The van der Waals surface area contributed by atoms with E-state index in [-0.39, 0.29) is 4.88 Å². The zero-order valence-corrected chi connectivity index (χ0v) is 15.9. The molecule has 5 nitrogen and oxygen atoms in total. The number of carbonyl (C=O) groups excluding carboxylic acids is 2. The summed E-state index contributed by atoms with van der Waals surface area (Å²) >= 11 is 13.3. The highest BCUT2D eigenvalue weighted by Crippen LogP contribution is 2.37. The number of methoxy groups -OCH3 is 1. The van der Waals surface area contributed by atoms with Crippen LogP contribution in [0.3, 0.4) is 0 Å². The van der Waals surface area contributed by atoms with E-state index in [2.05, 4.69) is 5.32 Å². The first-order valence-electron chi connectivity index (χ1n) is 7.46. The van der Waals surface area contributed by atoms with Crippen LogP contribution in [0.25, 0.3) is 10.1 Å². The molecule has 1 amide bonds. The second kappa shape index (κ2) is 7.95. The molecule has 0 aliphatic rings. The highest BCUT2D eigenvalue weighted by Gasteiger charge is 2.19. The fourth-order valence-corrected chi connectivity index (χ4v) is 3.94. The lowest BCUT2D eigenvalue weighted by molar-refractivity contribution is -0.119. The summed E-state index contributed by atoms with van der Waals surface area (Å²) in [6.07, 6.45) is 0. The van der Waals surface area contributed by atoms with Crippen molar-refractivity contribution in [1.82, 2.24) is 0 Å². The zero-order valence-electron chi connectivity index (χ0n) is 13.5.